The molecule has 1 aliphatic heterocycles. The number of aliphatic carboxylic acids is 1. The number of rotatable bonds is 4. The van der Waals surface area contributed by atoms with Crippen molar-refractivity contribution in [2.75, 3.05) is 13.1 Å². The molecule has 0 unspecified atom stereocenters. The van der Waals surface area contributed by atoms with Crippen LogP contribution in [0.15, 0.2) is 54.6 Å². The van der Waals surface area contributed by atoms with Crippen molar-refractivity contribution in [2.45, 2.75) is 12.5 Å². The van der Waals surface area contributed by atoms with Crippen LogP contribution in [0.4, 0.5) is 0 Å². The Bertz CT molecular complexity index is 659. The molecule has 3 nitrogen and oxygen atoms in total. The molecule has 4 heteroatoms. The van der Waals surface area contributed by atoms with Gasteiger partial charge in [-0.2, -0.15) is 0 Å². The maximum atomic E-state index is 11.6. The van der Waals surface area contributed by atoms with Gasteiger partial charge in [-0.15, -0.1) is 0 Å². The van der Waals surface area contributed by atoms with E-state index >= 15 is 0 Å². The van der Waals surface area contributed by atoms with Gasteiger partial charge in [-0.05, 0) is 23.3 Å². The standard InChI is InChI=1S/C18H18ClNO2/c19-15-8-4-7-14(9-15)16-11-20(12-17(16)18(21)22)10-13-5-2-1-3-6-13/h1-9,16-17H,10-12H2,(H,21,22)/t16-,17-/m1/s1. The normalized spacial score (nSPS) is 21.9. The second-order valence-corrected chi connectivity index (χ2v) is 6.22. The van der Waals surface area contributed by atoms with E-state index in [0.29, 0.717) is 11.6 Å². The maximum absolute atomic E-state index is 11.6. The lowest BCUT2D eigenvalue weighted by Gasteiger charge is -2.16. The summed E-state index contributed by atoms with van der Waals surface area (Å²) >= 11 is 6.06. The van der Waals surface area contributed by atoms with Crippen molar-refractivity contribution in [3.05, 3.63) is 70.7 Å². The van der Waals surface area contributed by atoms with Crippen molar-refractivity contribution in [3.63, 3.8) is 0 Å². The van der Waals surface area contributed by atoms with E-state index in [1.165, 1.54) is 5.56 Å². The third-order valence-electron chi connectivity index (χ3n) is 4.24. The van der Waals surface area contributed by atoms with Gasteiger partial charge in [0.1, 0.15) is 0 Å². The largest absolute Gasteiger partial charge is 0.481 e. The molecule has 114 valence electrons. The van der Waals surface area contributed by atoms with Crippen LogP contribution in [0.5, 0.6) is 0 Å². The fourth-order valence-electron chi connectivity index (χ4n) is 3.18. The zero-order chi connectivity index (χ0) is 15.5. The van der Waals surface area contributed by atoms with Gasteiger partial charge in [-0.25, -0.2) is 0 Å². The van der Waals surface area contributed by atoms with Crippen molar-refractivity contribution in [1.82, 2.24) is 4.90 Å². The van der Waals surface area contributed by atoms with Crippen LogP contribution in [0.1, 0.15) is 17.0 Å². The first kappa shape index (κ1) is 15.1. The molecule has 1 heterocycles. The van der Waals surface area contributed by atoms with Gasteiger partial charge in [0.2, 0.25) is 0 Å². The summed E-state index contributed by atoms with van der Waals surface area (Å²) < 4.78 is 0. The molecule has 2 atom stereocenters. The smallest absolute Gasteiger partial charge is 0.308 e. The summed E-state index contributed by atoms with van der Waals surface area (Å²) in [7, 11) is 0. The first-order valence-corrected chi connectivity index (χ1v) is 7.76. The molecule has 0 saturated carbocycles. The molecule has 0 amide bonds. The van der Waals surface area contributed by atoms with Gasteiger partial charge < -0.3 is 5.11 Å². The SMILES string of the molecule is O=C(O)[C@@H]1CN(Cc2ccccc2)C[C@@H]1c1cccc(Cl)c1. The van der Waals surface area contributed by atoms with Crippen LogP contribution in [0.3, 0.4) is 0 Å². The molecule has 0 aromatic heterocycles. The van der Waals surface area contributed by atoms with Crippen molar-refractivity contribution < 1.29 is 9.90 Å². The molecule has 1 fully saturated rings. The Balaban J connectivity index is 1.79. The summed E-state index contributed by atoms with van der Waals surface area (Å²) in [5.41, 5.74) is 2.22. The van der Waals surface area contributed by atoms with Gasteiger partial charge in [0, 0.05) is 30.6 Å². The molecule has 2 aromatic carbocycles. The Morgan fingerprint density at radius 3 is 2.59 bits per heavy atom. The number of nitrogens with zero attached hydrogens (tertiary/aromatic N) is 1. The summed E-state index contributed by atoms with van der Waals surface area (Å²) in [5, 5.41) is 10.2. The predicted octanol–water partition coefficient (Wildman–Crippen LogP) is 3.64. The van der Waals surface area contributed by atoms with Gasteiger partial charge in [-0.1, -0.05) is 54.1 Å². The molecule has 1 aliphatic rings. The van der Waals surface area contributed by atoms with Gasteiger partial charge in [-0.3, -0.25) is 9.69 Å². The summed E-state index contributed by atoms with van der Waals surface area (Å²) in [6, 6.07) is 17.7. The highest BCUT2D eigenvalue weighted by Crippen LogP contribution is 2.34. The van der Waals surface area contributed by atoms with Gasteiger partial charge in [0.25, 0.3) is 0 Å². The number of halogens is 1. The lowest BCUT2D eigenvalue weighted by atomic mass is 9.89. The average molecular weight is 316 g/mol. The molecule has 1 saturated heterocycles. The van der Waals surface area contributed by atoms with E-state index in [1.807, 2.05) is 42.5 Å². The Kier molecular flexibility index (Phi) is 4.46. The summed E-state index contributed by atoms with van der Waals surface area (Å²) in [4.78, 5) is 13.8. The zero-order valence-electron chi connectivity index (χ0n) is 12.2. The number of carboxylic acid groups (broad SMARTS) is 1. The van der Waals surface area contributed by atoms with Crippen molar-refractivity contribution in [1.29, 1.82) is 0 Å². The molecule has 0 bridgehead atoms. The van der Waals surface area contributed by atoms with E-state index in [-0.39, 0.29) is 11.8 Å². The molecule has 22 heavy (non-hydrogen) atoms. The molecule has 0 radical (unpaired) electrons. The molecule has 1 N–H and O–H groups in total. The van der Waals surface area contributed by atoms with Crippen LogP contribution in [0.25, 0.3) is 0 Å². The lowest BCUT2D eigenvalue weighted by molar-refractivity contribution is -0.141. The van der Waals surface area contributed by atoms with E-state index in [4.69, 9.17) is 11.6 Å². The van der Waals surface area contributed by atoms with Crippen molar-refractivity contribution in [2.24, 2.45) is 5.92 Å². The second-order valence-electron chi connectivity index (χ2n) is 5.79. The molecule has 0 spiro atoms. The second kappa shape index (κ2) is 6.51. The third-order valence-corrected chi connectivity index (χ3v) is 4.47. The lowest BCUT2D eigenvalue weighted by Crippen LogP contribution is -2.23. The highest BCUT2D eigenvalue weighted by atomic mass is 35.5. The highest BCUT2D eigenvalue weighted by Gasteiger charge is 2.38. The van der Waals surface area contributed by atoms with Crippen LogP contribution < -0.4 is 0 Å². The average Bonchev–Trinajstić information content (AvgIpc) is 2.92. The van der Waals surface area contributed by atoms with E-state index in [0.717, 1.165) is 18.7 Å². The molecule has 0 aliphatic carbocycles. The van der Waals surface area contributed by atoms with Gasteiger partial charge >= 0.3 is 5.97 Å². The van der Waals surface area contributed by atoms with E-state index in [1.54, 1.807) is 0 Å². The van der Waals surface area contributed by atoms with Crippen LogP contribution in [0.2, 0.25) is 5.02 Å². The van der Waals surface area contributed by atoms with Gasteiger partial charge in [0.05, 0.1) is 5.92 Å². The number of hydrogen-bond acceptors (Lipinski definition) is 2. The first-order chi connectivity index (χ1) is 10.6. The van der Waals surface area contributed by atoms with Crippen LogP contribution >= 0.6 is 11.6 Å². The Labute approximate surface area is 135 Å². The minimum atomic E-state index is -0.736. The molecular weight excluding hydrogens is 298 g/mol. The predicted molar refractivity (Wildman–Crippen MR) is 87.0 cm³/mol. The highest BCUT2D eigenvalue weighted by molar-refractivity contribution is 6.30. The number of carbonyl (C=O) groups is 1. The van der Waals surface area contributed by atoms with Crippen LogP contribution in [-0.2, 0) is 11.3 Å². The molecule has 2 aromatic rings. The molecule has 3 rings (SSSR count). The topological polar surface area (TPSA) is 40.5 Å². The van der Waals surface area contributed by atoms with E-state index < -0.39 is 5.97 Å². The Hall–Kier alpha value is -1.84. The van der Waals surface area contributed by atoms with Crippen LogP contribution in [0, 0.1) is 5.92 Å². The van der Waals surface area contributed by atoms with Crippen LogP contribution in [-0.4, -0.2) is 29.1 Å². The van der Waals surface area contributed by atoms with E-state index in [9.17, 15) is 9.90 Å². The minimum Gasteiger partial charge on any atom is -0.481 e. The first-order valence-electron chi connectivity index (χ1n) is 7.38. The number of likely N-dealkylation sites (tertiary alicyclic amines) is 1. The third kappa shape index (κ3) is 3.32. The van der Waals surface area contributed by atoms with Gasteiger partial charge in [0.15, 0.2) is 0 Å². The Morgan fingerprint density at radius 1 is 1.14 bits per heavy atom. The summed E-state index contributed by atoms with van der Waals surface area (Å²) in [5.74, 6) is -1.14. The van der Waals surface area contributed by atoms with Crippen molar-refractivity contribution in [3.8, 4) is 0 Å². The number of benzene rings is 2. The number of hydrogen-bond donors (Lipinski definition) is 1. The minimum absolute atomic E-state index is 0.0140. The quantitative estimate of drug-likeness (QED) is 0.936. The maximum Gasteiger partial charge on any atom is 0.308 e. The zero-order valence-corrected chi connectivity index (χ0v) is 12.9. The summed E-state index contributed by atoms with van der Waals surface area (Å²) in [6.45, 7) is 2.09. The Morgan fingerprint density at radius 2 is 1.91 bits per heavy atom. The monoisotopic (exact) mass is 315 g/mol. The number of carboxylic acids is 1. The fourth-order valence-corrected chi connectivity index (χ4v) is 3.38. The van der Waals surface area contributed by atoms with Crippen molar-refractivity contribution >= 4 is 17.6 Å². The molecular formula is C18H18ClNO2. The fraction of sp³-hybridized carbons (Fsp3) is 0.278. The summed E-state index contributed by atoms with van der Waals surface area (Å²) in [6.07, 6.45) is 0. The van der Waals surface area contributed by atoms with E-state index in [2.05, 4.69) is 17.0 Å².